The van der Waals surface area contributed by atoms with Crippen LogP contribution in [-0.2, 0) is 4.74 Å². The van der Waals surface area contributed by atoms with E-state index in [0.717, 1.165) is 5.01 Å². The molecular weight excluding hydrogens is 537 g/mol. The van der Waals surface area contributed by atoms with E-state index in [1.807, 2.05) is 19.9 Å². The van der Waals surface area contributed by atoms with E-state index in [1.165, 1.54) is 16.9 Å². The lowest BCUT2D eigenvalue weighted by atomic mass is 10.0. The van der Waals surface area contributed by atoms with E-state index in [9.17, 15) is 4.79 Å². The summed E-state index contributed by atoms with van der Waals surface area (Å²) in [5, 5.41) is 11.2. The number of thiazole rings is 1. The third-order valence-corrected chi connectivity index (χ3v) is 6.15. The predicted octanol–water partition coefficient (Wildman–Crippen LogP) is 4.60. The molecule has 0 fully saturated rings. The van der Waals surface area contributed by atoms with E-state index in [0.29, 0.717) is 29.7 Å². The number of esters is 1. The maximum absolute atomic E-state index is 12.1. The van der Waals surface area contributed by atoms with E-state index in [1.54, 1.807) is 14.0 Å². The summed E-state index contributed by atoms with van der Waals surface area (Å²) in [6, 6.07) is 10.5. The molecule has 2 atom stereocenters. The van der Waals surface area contributed by atoms with Gasteiger partial charge in [0.2, 0.25) is 0 Å². The van der Waals surface area contributed by atoms with Crippen molar-refractivity contribution in [1.82, 2.24) is 20.9 Å². The van der Waals surface area contributed by atoms with Gasteiger partial charge in [-0.05, 0) is 47.1 Å². The molecule has 0 radical (unpaired) electrons. The fraction of sp³-hybridized carbons (Fsp3) is 0.522. The smallest absolute Gasteiger partial charge is 0.350 e. The zero-order valence-electron chi connectivity index (χ0n) is 20.0. The van der Waals surface area contributed by atoms with Gasteiger partial charge in [0.15, 0.2) is 5.96 Å². The number of halogens is 1. The summed E-state index contributed by atoms with van der Waals surface area (Å²) >= 11 is 1.35. The lowest BCUT2D eigenvalue weighted by Crippen LogP contribution is -2.52. The molecule has 0 aliphatic heterocycles. The van der Waals surface area contributed by atoms with Gasteiger partial charge in [0, 0.05) is 25.2 Å². The fourth-order valence-corrected chi connectivity index (χ4v) is 4.18. The Morgan fingerprint density at radius 2 is 1.88 bits per heavy atom. The number of aryl methyl sites for hydroxylation is 1. The van der Waals surface area contributed by atoms with Crippen LogP contribution < -0.4 is 16.0 Å². The Bertz CT molecular complexity index is 886. The Morgan fingerprint density at radius 1 is 1.22 bits per heavy atom. The van der Waals surface area contributed by atoms with Crippen molar-refractivity contribution in [3.8, 4) is 0 Å². The van der Waals surface area contributed by atoms with Gasteiger partial charge in [0.1, 0.15) is 9.88 Å². The van der Waals surface area contributed by atoms with E-state index >= 15 is 0 Å². The summed E-state index contributed by atoms with van der Waals surface area (Å²) in [6.07, 6.45) is 0. The number of nitrogens with one attached hydrogen (secondary N) is 3. The van der Waals surface area contributed by atoms with Crippen molar-refractivity contribution in [1.29, 1.82) is 0 Å². The molecule has 3 N–H and O–H groups in total. The number of hydrogen-bond acceptors (Lipinski definition) is 6. The van der Waals surface area contributed by atoms with Crippen LogP contribution in [-0.4, -0.2) is 42.7 Å². The molecule has 0 bridgehead atoms. The van der Waals surface area contributed by atoms with Crippen LogP contribution in [0, 0.1) is 6.92 Å². The monoisotopic (exact) mass is 573 g/mol. The van der Waals surface area contributed by atoms with Gasteiger partial charge in [0.05, 0.1) is 18.3 Å². The number of rotatable bonds is 9. The van der Waals surface area contributed by atoms with Crippen LogP contribution in [0.5, 0.6) is 0 Å². The fourth-order valence-electron chi connectivity index (χ4n) is 3.22. The molecular formula is C23H36IN5O2S. The summed E-state index contributed by atoms with van der Waals surface area (Å²) in [7, 11) is 1.74. The summed E-state index contributed by atoms with van der Waals surface area (Å²) in [6.45, 7) is 13.1. The topological polar surface area (TPSA) is 87.6 Å². The molecule has 0 amide bonds. The van der Waals surface area contributed by atoms with E-state index < -0.39 is 0 Å². The third kappa shape index (κ3) is 8.32. The van der Waals surface area contributed by atoms with Crippen molar-refractivity contribution in [2.75, 3.05) is 20.2 Å². The number of aromatic nitrogens is 1. The lowest BCUT2D eigenvalue weighted by Gasteiger charge is -2.31. The van der Waals surface area contributed by atoms with Gasteiger partial charge in [-0.1, -0.05) is 30.3 Å². The van der Waals surface area contributed by atoms with Crippen LogP contribution in [0.4, 0.5) is 0 Å². The first-order chi connectivity index (χ1) is 14.7. The SMILES string of the molecule is CCOC(=O)c1sc(C(C)NC(=NC)NCC(C)(C)NC(C)c2ccccc2)nc1C.I. The van der Waals surface area contributed by atoms with Crippen LogP contribution in [0.1, 0.15) is 72.6 Å². The van der Waals surface area contributed by atoms with E-state index in [4.69, 9.17) is 4.74 Å². The quantitative estimate of drug-likeness (QED) is 0.176. The number of benzene rings is 1. The zero-order valence-corrected chi connectivity index (χ0v) is 23.1. The highest BCUT2D eigenvalue weighted by Crippen LogP contribution is 2.24. The Balaban J connectivity index is 0.00000512. The number of carbonyl (C=O) groups excluding carboxylic acids is 1. The number of hydrogen-bond donors (Lipinski definition) is 3. The van der Waals surface area contributed by atoms with Crippen molar-refractivity contribution in [3.63, 3.8) is 0 Å². The van der Waals surface area contributed by atoms with Crippen molar-refractivity contribution >= 4 is 47.2 Å². The van der Waals surface area contributed by atoms with E-state index in [2.05, 4.69) is 71.0 Å². The van der Waals surface area contributed by atoms with Crippen LogP contribution in [0.3, 0.4) is 0 Å². The standard InChI is InChI=1S/C23H35N5O2S.HI/c1-8-30-21(29)19-16(3)26-20(31-19)17(4)27-22(24-7)25-14-23(5,6)28-15(2)18-12-10-9-11-13-18;/h9-13,15,17,28H,8,14H2,1-7H3,(H2,24,25,27);1H. The minimum Gasteiger partial charge on any atom is -0.462 e. The van der Waals surface area contributed by atoms with Gasteiger partial charge < -0.3 is 20.7 Å². The summed E-state index contributed by atoms with van der Waals surface area (Å²) in [5.41, 5.74) is 1.78. The van der Waals surface area contributed by atoms with Crippen molar-refractivity contribution in [3.05, 3.63) is 51.5 Å². The largest absolute Gasteiger partial charge is 0.462 e. The Hall–Kier alpha value is -1.72. The number of guanidine groups is 1. The van der Waals surface area contributed by atoms with Gasteiger partial charge in [-0.15, -0.1) is 35.3 Å². The van der Waals surface area contributed by atoms with Gasteiger partial charge in [-0.25, -0.2) is 9.78 Å². The number of carbonyl (C=O) groups is 1. The first-order valence-electron chi connectivity index (χ1n) is 10.6. The van der Waals surface area contributed by atoms with Crippen LogP contribution >= 0.6 is 35.3 Å². The maximum atomic E-state index is 12.1. The molecule has 2 aromatic rings. The molecule has 2 unspecified atom stereocenters. The molecule has 178 valence electrons. The second kappa shape index (κ2) is 13.1. The van der Waals surface area contributed by atoms with Gasteiger partial charge in [-0.2, -0.15) is 0 Å². The van der Waals surface area contributed by atoms with Crippen LogP contribution in [0.15, 0.2) is 35.3 Å². The zero-order chi connectivity index (χ0) is 23.0. The van der Waals surface area contributed by atoms with Gasteiger partial charge >= 0.3 is 5.97 Å². The second-order valence-corrected chi connectivity index (χ2v) is 9.17. The average Bonchev–Trinajstić information content (AvgIpc) is 3.13. The Kier molecular flexibility index (Phi) is 11.6. The van der Waals surface area contributed by atoms with Crippen molar-refractivity contribution < 1.29 is 9.53 Å². The number of ether oxygens (including phenoxy) is 1. The average molecular weight is 574 g/mol. The molecule has 7 nitrogen and oxygen atoms in total. The molecule has 2 rings (SSSR count). The molecule has 0 saturated heterocycles. The molecule has 9 heteroatoms. The molecule has 0 spiro atoms. The van der Waals surface area contributed by atoms with Crippen LogP contribution in [0.2, 0.25) is 0 Å². The normalized spacial score (nSPS) is 13.7. The first kappa shape index (κ1) is 28.3. The Morgan fingerprint density at radius 3 is 2.47 bits per heavy atom. The van der Waals surface area contributed by atoms with Gasteiger partial charge in [-0.3, -0.25) is 4.99 Å². The molecule has 0 aliphatic carbocycles. The minimum atomic E-state index is -0.321. The highest BCUT2D eigenvalue weighted by atomic mass is 127. The lowest BCUT2D eigenvalue weighted by molar-refractivity contribution is 0.0531. The number of aliphatic imine (C=N–C) groups is 1. The van der Waals surface area contributed by atoms with Crippen molar-refractivity contribution in [2.45, 2.75) is 59.2 Å². The number of nitrogens with zero attached hydrogens (tertiary/aromatic N) is 2. The first-order valence-corrected chi connectivity index (χ1v) is 11.4. The molecule has 0 aliphatic rings. The minimum absolute atomic E-state index is 0. The molecule has 1 aromatic heterocycles. The summed E-state index contributed by atoms with van der Waals surface area (Å²) < 4.78 is 5.11. The molecule has 1 aromatic carbocycles. The summed E-state index contributed by atoms with van der Waals surface area (Å²) in [5.74, 6) is 0.360. The Labute approximate surface area is 212 Å². The van der Waals surface area contributed by atoms with E-state index in [-0.39, 0.29) is 47.6 Å². The molecule has 0 saturated carbocycles. The highest BCUT2D eigenvalue weighted by Gasteiger charge is 2.23. The predicted molar refractivity (Wildman–Crippen MR) is 143 cm³/mol. The molecule has 32 heavy (non-hydrogen) atoms. The maximum Gasteiger partial charge on any atom is 0.350 e. The second-order valence-electron chi connectivity index (χ2n) is 8.14. The third-order valence-electron chi connectivity index (χ3n) is 4.83. The van der Waals surface area contributed by atoms with Crippen LogP contribution in [0.25, 0.3) is 0 Å². The van der Waals surface area contributed by atoms with Gasteiger partial charge in [0.25, 0.3) is 0 Å². The summed E-state index contributed by atoms with van der Waals surface area (Å²) in [4.78, 5) is 21.5. The molecule has 1 heterocycles. The van der Waals surface area contributed by atoms with Crippen molar-refractivity contribution in [2.24, 2.45) is 4.99 Å². The highest BCUT2D eigenvalue weighted by molar-refractivity contribution is 14.0.